The Kier molecular flexibility index (Phi) is 6.78. The first kappa shape index (κ1) is 20.1. The summed E-state index contributed by atoms with van der Waals surface area (Å²) in [4.78, 5) is 12.2. The summed E-state index contributed by atoms with van der Waals surface area (Å²) in [5.41, 5.74) is 1.36. The van der Waals surface area contributed by atoms with Crippen molar-refractivity contribution in [2.45, 2.75) is 77.5 Å². The fraction of sp³-hybridized carbons (Fsp3) is 0.667. The summed E-state index contributed by atoms with van der Waals surface area (Å²) in [6.07, 6.45) is 6.52. The van der Waals surface area contributed by atoms with E-state index >= 15 is 0 Å². The zero-order valence-electron chi connectivity index (χ0n) is 14.9. The predicted octanol–water partition coefficient (Wildman–Crippen LogP) is -0.898. The highest BCUT2D eigenvalue weighted by molar-refractivity contribution is 5.76. The summed E-state index contributed by atoms with van der Waals surface area (Å²) < 4.78 is 2.06. The Morgan fingerprint density at radius 2 is 1.74 bits per heavy atom. The molecule has 5 heteroatoms. The molecule has 2 heterocycles. The van der Waals surface area contributed by atoms with E-state index < -0.39 is 0 Å². The predicted molar refractivity (Wildman–Crippen MR) is 88.4 cm³/mol. The van der Waals surface area contributed by atoms with Crippen molar-refractivity contribution < 1.29 is 26.3 Å². The third kappa shape index (κ3) is 6.60. The average molecular weight is 384 g/mol. The first-order chi connectivity index (χ1) is 10.2. The maximum absolute atomic E-state index is 12.2. The van der Waals surface area contributed by atoms with Crippen LogP contribution < -0.4 is 32.2 Å². The largest absolute Gasteiger partial charge is 1.00 e. The lowest BCUT2D eigenvalue weighted by molar-refractivity contribution is -0.695. The molecule has 0 spiro atoms. The minimum absolute atomic E-state index is 0. The Balaban J connectivity index is 0.00000264. The Morgan fingerprint density at radius 1 is 1.22 bits per heavy atom. The molecule has 130 valence electrons. The van der Waals surface area contributed by atoms with Crippen molar-refractivity contribution in [1.82, 2.24) is 10.6 Å². The van der Waals surface area contributed by atoms with Crippen LogP contribution >= 0.6 is 0 Å². The van der Waals surface area contributed by atoms with Crippen molar-refractivity contribution in [2.24, 2.45) is 0 Å². The number of carbonyl (C=O) groups is 1. The summed E-state index contributed by atoms with van der Waals surface area (Å²) in [5, 5.41) is 6.86. The molecule has 0 atom stereocenters. The molecular weight excluding hydrogens is 354 g/mol. The molecule has 0 aromatic carbocycles. The number of pyridine rings is 1. The van der Waals surface area contributed by atoms with Crippen molar-refractivity contribution >= 4 is 5.91 Å². The Morgan fingerprint density at radius 3 is 2.26 bits per heavy atom. The molecule has 0 unspecified atom stereocenters. The van der Waals surface area contributed by atoms with Gasteiger partial charge in [-0.2, -0.15) is 0 Å². The SMILES string of the molecule is Cc1cc[n+](CCC(=O)NC2CC(C)(C)NC(C)(C)C2)cc1.[Br-]. The fourth-order valence-electron chi connectivity index (χ4n) is 3.64. The van der Waals surface area contributed by atoms with Crippen LogP contribution in [0.4, 0.5) is 0 Å². The highest BCUT2D eigenvalue weighted by Gasteiger charge is 2.38. The number of hydrogen-bond acceptors (Lipinski definition) is 2. The first-order valence-electron chi connectivity index (χ1n) is 8.20. The molecule has 1 saturated heterocycles. The minimum atomic E-state index is 0. The number of piperidine rings is 1. The van der Waals surface area contributed by atoms with Crippen molar-refractivity contribution in [3.05, 3.63) is 30.1 Å². The van der Waals surface area contributed by atoms with E-state index in [1.54, 1.807) is 0 Å². The summed E-state index contributed by atoms with van der Waals surface area (Å²) >= 11 is 0. The van der Waals surface area contributed by atoms with E-state index in [1.807, 2.05) is 12.4 Å². The minimum Gasteiger partial charge on any atom is -1.00 e. The maximum atomic E-state index is 12.2. The normalized spacial score (nSPS) is 19.7. The van der Waals surface area contributed by atoms with Gasteiger partial charge in [-0.05, 0) is 53.0 Å². The van der Waals surface area contributed by atoms with E-state index in [0.717, 1.165) is 19.4 Å². The number of nitrogens with zero attached hydrogens (tertiary/aromatic N) is 1. The second kappa shape index (κ2) is 7.75. The smallest absolute Gasteiger partial charge is 0.226 e. The summed E-state index contributed by atoms with van der Waals surface area (Å²) in [6, 6.07) is 4.38. The third-order valence-electron chi connectivity index (χ3n) is 4.21. The van der Waals surface area contributed by atoms with Crippen molar-refractivity contribution in [2.75, 3.05) is 0 Å². The van der Waals surface area contributed by atoms with Gasteiger partial charge in [-0.15, -0.1) is 0 Å². The molecule has 1 amide bonds. The number of aryl methyl sites for hydroxylation is 2. The first-order valence-corrected chi connectivity index (χ1v) is 8.20. The lowest BCUT2D eigenvalue weighted by atomic mass is 9.79. The van der Waals surface area contributed by atoms with Crippen LogP contribution in [0.15, 0.2) is 24.5 Å². The Labute approximate surface area is 150 Å². The number of carbonyl (C=O) groups excluding carboxylic acids is 1. The molecule has 4 nitrogen and oxygen atoms in total. The highest BCUT2D eigenvalue weighted by atomic mass is 79.9. The molecule has 2 N–H and O–H groups in total. The van der Waals surface area contributed by atoms with Crippen LogP contribution in [0.25, 0.3) is 0 Å². The van der Waals surface area contributed by atoms with Crippen LogP contribution in [-0.4, -0.2) is 23.0 Å². The van der Waals surface area contributed by atoms with E-state index in [-0.39, 0.29) is 40.0 Å². The average Bonchev–Trinajstić information content (AvgIpc) is 2.34. The van der Waals surface area contributed by atoms with Crippen molar-refractivity contribution in [1.29, 1.82) is 0 Å². The van der Waals surface area contributed by atoms with Gasteiger partial charge in [0.05, 0.1) is 6.42 Å². The second-order valence-corrected chi connectivity index (χ2v) is 7.93. The summed E-state index contributed by atoms with van der Waals surface area (Å²) in [7, 11) is 0. The molecular formula is C18H30BrN3O. The van der Waals surface area contributed by atoms with Gasteiger partial charge in [0.1, 0.15) is 0 Å². The zero-order chi connectivity index (χ0) is 16.4. The van der Waals surface area contributed by atoms with Crippen LogP contribution in [0.5, 0.6) is 0 Å². The van der Waals surface area contributed by atoms with Crippen LogP contribution in [-0.2, 0) is 11.3 Å². The van der Waals surface area contributed by atoms with E-state index in [4.69, 9.17) is 0 Å². The number of aromatic nitrogens is 1. The molecule has 0 radical (unpaired) electrons. The van der Waals surface area contributed by atoms with Crippen molar-refractivity contribution in [3.63, 3.8) is 0 Å². The quantitative estimate of drug-likeness (QED) is 0.662. The molecule has 0 aliphatic carbocycles. The molecule has 0 bridgehead atoms. The molecule has 1 aromatic rings. The van der Waals surface area contributed by atoms with E-state index in [1.165, 1.54) is 5.56 Å². The van der Waals surface area contributed by atoms with E-state index in [9.17, 15) is 4.79 Å². The van der Waals surface area contributed by atoms with Crippen LogP contribution in [0.2, 0.25) is 0 Å². The lowest BCUT2D eigenvalue weighted by Crippen LogP contribution is -3.00. The van der Waals surface area contributed by atoms with Gasteiger partial charge >= 0.3 is 0 Å². The van der Waals surface area contributed by atoms with Crippen LogP contribution in [0.1, 0.15) is 52.5 Å². The topological polar surface area (TPSA) is 45.0 Å². The van der Waals surface area contributed by atoms with Gasteiger partial charge in [0, 0.05) is 29.3 Å². The standard InChI is InChI=1S/C18H29N3O.BrH/c1-14-6-9-21(10-7-14)11-8-16(22)19-15-12-17(2,3)20-18(4,5)13-15;/h6-7,9-10,15,20H,8,11-13H2,1-5H3;1H. The number of rotatable bonds is 4. The van der Waals surface area contributed by atoms with Gasteiger partial charge in [-0.3, -0.25) is 4.79 Å². The highest BCUT2D eigenvalue weighted by Crippen LogP contribution is 2.28. The van der Waals surface area contributed by atoms with Gasteiger partial charge in [0.25, 0.3) is 0 Å². The monoisotopic (exact) mass is 383 g/mol. The van der Waals surface area contributed by atoms with E-state index in [0.29, 0.717) is 6.42 Å². The fourth-order valence-corrected chi connectivity index (χ4v) is 3.64. The van der Waals surface area contributed by atoms with Gasteiger partial charge in [0.2, 0.25) is 5.91 Å². The summed E-state index contributed by atoms with van der Waals surface area (Å²) in [5.74, 6) is 0.145. The maximum Gasteiger partial charge on any atom is 0.226 e. The number of halogens is 1. The number of nitrogens with one attached hydrogen (secondary N) is 2. The molecule has 1 aromatic heterocycles. The molecule has 1 fully saturated rings. The molecule has 1 aliphatic rings. The molecule has 0 saturated carbocycles. The molecule has 2 rings (SSSR count). The number of amides is 1. The second-order valence-electron chi connectivity index (χ2n) is 7.93. The van der Waals surface area contributed by atoms with E-state index in [2.05, 4.69) is 62.0 Å². The van der Waals surface area contributed by atoms with Gasteiger partial charge in [-0.1, -0.05) is 0 Å². The zero-order valence-corrected chi connectivity index (χ0v) is 16.5. The number of hydrogen-bond donors (Lipinski definition) is 2. The van der Waals surface area contributed by atoms with Gasteiger partial charge < -0.3 is 27.6 Å². The Bertz CT molecular complexity index is 510. The Hall–Kier alpha value is -0.940. The van der Waals surface area contributed by atoms with Crippen LogP contribution in [0, 0.1) is 6.92 Å². The molecule has 1 aliphatic heterocycles. The summed E-state index contributed by atoms with van der Waals surface area (Å²) in [6.45, 7) is 11.6. The lowest BCUT2D eigenvalue weighted by Gasteiger charge is -2.46. The van der Waals surface area contributed by atoms with Crippen LogP contribution in [0.3, 0.4) is 0 Å². The third-order valence-corrected chi connectivity index (χ3v) is 4.21. The molecule has 23 heavy (non-hydrogen) atoms. The van der Waals surface area contributed by atoms with Gasteiger partial charge in [-0.25, -0.2) is 4.57 Å². The van der Waals surface area contributed by atoms with Gasteiger partial charge in [0.15, 0.2) is 18.9 Å². The van der Waals surface area contributed by atoms with Crippen molar-refractivity contribution in [3.8, 4) is 0 Å².